The van der Waals surface area contributed by atoms with E-state index >= 15 is 0 Å². The van der Waals surface area contributed by atoms with Crippen molar-refractivity contribution in [1.82, 2.24) is 0 Å². The maximum absolute atomic E-state index is 10.7. The molecule has 1 atom stereocenters. The molecule has 0 aliphatic carbocycles. The van der Waals surface area contributed by atoms with Crippen molar-refractivity contribution in [3.63, 3.8) is 0 Å². The van der Waals surface area contributed by atoms with Gasteiger partial charge in [-0.2, -0.15) is 0 Å². The van der Waals surface area contributed by atoms with Crippen molar-refractivity contribution in [2.45, 2.75) is 12.2 Å². The zero-order chi connectivity index (χ0) is 11.6. The summed E-state index contributed by atoms with van der Waals surface area (Å²) in [6.45, 7) is 1.20. The standard InChI is InChI=1S/C8H9NO5S.K/c1-6(15(12,13)14)7-3-2-4-8(5-7)9(10)11;/h2-6H,1H3,(H,12,13,14);/q;+1/p-1. The molecule has 1 unspecified atom stereocenters. The molecule has 1 aromatic rings. The average molecular weight is 269 g/mol. The Labute approximate surface area is 135 Å². The van der Waals surface area contributed by atoms with E-state index in [1.54, 1.807) is 0 Å². The van der Waals surface area contributed by atoms with Gasteiger partial charge in [0.15, 0.2) is 0 Å². The number of non-ortho nitro benzene ring substituents is 1. The number of benzene rings is 1. The van der Waals surface area contributed by atoms with Crippen LogP contribution in [0.3, 0.4) is 0 Å². The van der Waals surface area contributed by atoms with Crippen LogP contribution in [0.2, 0.25) is 0 Å². The van der Waals surface area contributed by atoms with Crippen LogP contribution in [-0.2, 0) is 10.1 Å². The van der Waals surface area contributed by atoms with Crippen molar-refractivity contribution >= 4 is 15.8 Å². The minimum absolute atomic E-state index is 0. The molecule has 0 heterocycles. The summed E-state index contributed by atoms with van der Waals surface area (Å²) in [5.74, 6) is 0. The minimum atomic E-state index is -4.47. The van der Waals surface area contributed by atoms with E-state index in [9.17, 15) is 23.1 Å². The summed E-state index contributed by atoms with van der Waals surface area (Å²) in [5.41, 5.74) is -0.109. The number of hydrogen-bond acceptors (Lipinski definition) is 5. The smallest absolute Gasteiger partial charge is 0.747 e. The van der Waals surface area contributed by atoms with E-state index in [0.717, 1.165) is 6.07 Å². The average Bonchev–Trinajstić information content (AvgIpc) is 2.15. The van der Waals surface area contributed by atoms with Gasteiger partial charge in [-0.3, -0.25) is 10.1 Å². The molecule has 0 amide bonds. The second-order valence-corrected chi connectivity index (χ2v) is 4.68. The number of hydrogen-bond donors (Lipinski definition) is 0. The Hall–Kier alpha value is 0.166. The third kappa shape index (κ3) is 4.21. The van der Waals surface area contributed by atoms with E-state index in [1.807, 2.05) is 0 Å². The van der Waals surface area contributed by atoms with Crippen molar-refractivity contribution < 1.29 is 69.3 Å². The Bertz CT molecular complexity index is 487. The number of nitro groups is 1. The Morgan fingerprint density at radius 1 is 1.38 bits per heavy atom. The molecule has 16 heavy (non-hydrogen) atoms. The molecule has 0 saturated heterocycles. The van der Waals surface area contributed by atoms with Gasteiger partial charge in [0.1, 0.15) is 10.1 Å². The van der Waals surface area contributed by atoms with Crippen LogP contribution in [0.15, 0.2) is 24.3 Å². The molecular weight excluding hydrogens is 261 g/mol. The minimum Gasteiger partial charge on any atom is -0.747 e. The van der Waals surface area contributed by atoms with Gasteiger partial charge >= 0.3 is 51.4 Å². The van der Waals surface area contributed by atoms with Crippen molar-refractivity contribution in [3.8, 4) is 0 Å². The number of rotatable bonds is 3. The predicted octanol–water partition coefficient (Wildman–Crippen LogP) is -1.79. The van der Waals surface area contributed by atoms with E-state index < -0.39 is 20.3 Å². The van der Waals surface area contributed by atoms with Gasteiger partial charge in [0.05, 0.1) is 10.2 Å². The zero-order valence-electron chi connectivity index (χ0n) is 8.78. The first-order valence-corrected chi connectivity index (χ1v) is 5.48. The molecule has 0 bridgehead atoms. The van der Waals surface area contributed by atoms with Crippen LogP contribution in [0.4, 0.5) is 5.69 Å². The van der Waals surface area contributed by atoms with E-state index in [0.29, 0.717) is 0 Å². The molecule has 0 saturated carbocycles. The summed E-state index contributed by atoms with van der Waals surface area (Å²) in [4.78, 5) is 9.76. The maximum atomic E-state index is 10.7. The topological polar surface area (TPSA) is 100 Å². The monoisotopic (exact) mass is 269 g/mol. The van der Waals surface area contributed by atoms with Crippen molar-refractivity contribution in [2.24, 2.45) is 0 Å². The molecule has 0 aliphatic heterocycles. The molecule has 8 heteroatoms. The zero-order valence-corrected chi connectivity index (χ0v) is 12.7. The summed E-state index contributed by atoms with van der Waals surface area (Å²) in [5, 5.41) is 9.12. The Kier molecular flexibility index (Phi) is 6.26. The van der Waals surface area contributed by atoms with Gasteiger partial charge in [-0.05, 0) is 12.5 Å². The van der Waals surface area contributed by atoms with Gasteiger partial charge < -0.3 is 4.55 Å². The van der Waals surface area contributed by atoms with Crippen LogP contribution < -0.4 is 51.4 Å². The fraction of sp³-hybridized carbons (Fsp3) is 0.250. The quantitative estimate of drug-likeness (QED) is 0.279. The van der Waals surface area contributed by atoms with Crippen molar-refractivity contribution in [1.29, 1.82) is 0 Å². The molecule has 0 aliphatic rings. The summed E-state index contributed by atoms with van der Waals surface area (Å²) >= 11 is 0. The van der Waals surface area contributed by atoms with Crippen LogP contribution in [0, 0.1) is 10.1 Å². The number of nitrogens with zero attached hydrogens (tertiary/aromatic N) is 1. The SMILES string of the molecule is CC(c1cccc([N+](=O)[O-])c1)S(=O)(=O)[O-].[K+]. The van der Waals surface area contributed by atoms with Crippen LogP contribution >= 0.6 is 0 Å². The molecule has 0 radical (unpaired) electrons. The predicted molar refractivity (Wildman–Crippen MR) is 51.2 cm³/mol. The summed E-state index contributed by atoms with van der Waals surface area (Å²) in [7, 11) is -4.47. The summed E-state index contributed by atoms with van der Waals surface area (Å²) < 4.78 is 32.1. The van der Waals surface area contributed by atoms with Gasteiger partial charge in [-0.15, -0.1) is 0 Å². The normalized spacial score (nSPS) is 12.6. The largest absolute Gasteiger partial charge is 1.00 e. The van der Waals surface area contributed by atoms with Crippen LogP contribution in [0.1, 0.15) is 17.7 Å². The molecule has 0 fully saturated rings. The van der Waals surface area contributed by atoms with E-state index in [1.165, 1.54) is 25.1 Å². The van der Waals surface area contributed by atoms with E-state index in [2.05, 4.69) is 0 Å². The van der Waals surface area contributed by atoms with Crippen molar-refractivity contribution in [2.75, 3.05) is 0 Å². The summed E-state index contributed by atoms with van der Waals surface area (Å²) in [6.07, 6.45) is 0. The maximum Gasteiger partial charge on any atom is 1.00 e. The van der Waals surface area contributed by atoms with E-state index in [-0.39, 0.29) is 62.6 Å². The number of nitro benzene ring substituents is 1. The Balaban J connectivity index is 0.00000225. The first-order valence-electron chi connectivity index (χ1n) is 4.01. The van der Waals surface area contributed by atoms with E-state index in [4.69, 9.17) is 0 Å². The molecule has 0 spiro atoms. The molecule has 1 rings (SSSR count). The first-order chi connectivity index (χ1) is 6.82. The van der Waals surface area contributed by atoms with Crippen molar-refractivity contribution in [3.05, 3.63) is 39.9 Å². The van der Waals surface area contributed by atoms with Gasteiger partial charge in [-0.1, -0.05) is 12.1 Å². The van der Waals surface area contributed by atoms with Gasteiger partial charge in [-0.25, -0.2) is 8.42 Å². The molecule has 6 nitrogen and oxygen atoms in total. The molecule has 82 valence electrons. The second-order valence-electron chi connectivity index (χ2n) is 2.99. The van der Waals surface area contributed by atoms with Gasteiger partial charge in [0.2, 0.25) is 0 Å². The third-order valence-corrected chi connectivity index (χ3v) is 3.12. The van der Waals surface area contributed by atoms with Crippen LogP contribution in [-0.4, -0.2) is 17.9 Å². The fourth-order valence-electron chi connectivity index (χ4n) is 1.06. The van der Waals surface area contributed by atoms with Crippen LogP contribution in [0.25, 0.3) is 0 Å². The second kappa shape index (κ2) is 6.19. The molecule has 0 aromatic heterocycles. The fourth-order valence-corrected chi connectivity index (χ4v) is 1.54. The molecule has 1 aromatic carbocycles. The van der Waals surface area contributed by atoms with Crippen LogP contribution in [0.5, 0.6) is 0 Å². The van der Waals surface area contributed by atoms with Gasteiger partial charge in [0.25, 0.3) is 5.69 Å². The Morgan fingerprint density at radius 3 is 2.38 bits per heavy atom. The van der Waals surface area contributed by atoms with Gasteiger partial charge in [0, 0.05) is 12.1 Å². The third-order valence-electron chi connectivity index (χ3n) is 1.98. The molecular formula is C8H8KNO5S. The summed E-state index contributed by atoms with van der Waals surface area (Å²) in [6, 6.07) is 5.02. The molecule has 0 N–H and O–H groups in total. The first kappa shape index (κ1) is 16.2. The Morgan fingerprint density at radius 2 is 1.94 bits per heavy atom.